The highest BCUT2D eigenvalue weighted by molar-refractivity contribution is 5.96. The zero-order chi connectivity index (χ0) is 16.1. The molecule has 6 nitrogen and oxygen atoms in total. The predicted molar refractivity (Wildman–Crippen MR) is 78.8 cm³/mol. The SMILES string of the molecule is CCC1(CNC(=O)NC(=O)CC(C)(C)C(=O)O)CCCC1. The van der Waals surface area contributed by atoms with E-state index in [1.807, 2.05) is 0 Å². The average Bonchev–Trinajstić information content (AvgIpc) is 2.85. The maximum Gasteiger partial charge on any atom is 0.321 e. The van der Waals surface area contributed by atoms with E-state index in [9.17, 15) is 14.4 Å². The topological polar surface area (TPSA) is 95.5 Å². The molecule has 1 aliphatic carbocycles. The Morgan fingerprint density at radius 1 is 1.19 bits per heavy atom. The molecule has 0 saturated heterocycles. The Labute approximate surface area is 125 Å². The Bertz CT molecular complexity index is 412. The minimum Gasteiger partial charge on any atom is -0.481 e. The summed E-state index contributed by atoms with van der Waals surface area (Å²) in [6, 6.07) is -0.541. The number of amides is 3. The second-order valence-corrected chi connectivity index (χ2v) is 6.66. The van der Waals surface area contributed by atoms with E-state index < -0.39 is 23.3 Å². The van der Waals surface area contributed by atoms with Crippen molar-refractivity contribution in [3.05, 3.63) is 0 Å². The fraction of sp³-hybridized carbons (Fsp3) is 0.800. The van der Waals surface area contributed by atoms with Crippen LogP contribution in [0.5, 0.6) is 0 Å². The number of carboxylic acid groups (broad SMARTS) is 1. The van der Waals surface area contributed by atoms with Gasteiger partial charge in [0, 0.05) is 13.0 Å². The van der Waals surface area contributed by atoms with Gasteiger partial charge in [0.25, 0.3) is 0 Å². The van der Waals surface area contributed by atoms with Gasteiger partial charge in [-0.3, -0.25) is 14.9 Å². The molecule has 0 bridgehead atoms. The summed E-state index contributed by atoms with van der Waals surface area (Å²) in [7, 11) is 0. The molecule has 3 amide bonds. The highest BCUT2D eigenvalue weighted by atomic mass is 16.4. The molecule has 3 N–H and O–H groups in total. The van der Waals surface area contributed by atoms with Gasteiger partial charge in [0.2, 0.25) is 5.91 Å². The molecule has 1 aliphatic rings. The summed E-state index contributed by atoms with van der Waals surface area (Å²) < 4.78 is 0. The number of imide groups is 1. The van der Waals surface area contributed by atoms with E-state index in [4.69, 9.17) is 5.11 Å². The lowest BCUT2D eigenvalue weighted by molar-refractivity contribution is -0.149. The number of nitrogens with one attached hydrogen (secondary N) is 2. The van der Waals surface area contributed by atoms with Gasteiger partial charge in [-0.25, -0.2) is 4.79 Å². The van der Waals surface area contributed by atoms with Crippen molar-refractivity contribution in [3.8, 4) is 0 Å². The summed E-state index contributed by atoms with van der Waals surface area (Å²) in [6.45, 7) is 5.59. The van der Waals surface area contributed by atoms with Gasteiger partial charge in [0.05, 0.1) is 5.41 Å². The van der Waals surface area contributed by atoms with Crippen LogP contribution in [0.15, 0.2) is 0 Å². The minimum absolute atomic E-state index is 0.153. The van der Waals surface area contributed by atoms with Gasteiger partial charge >= 0.3 is 12.0 Å². The number of rotatable bonds is 6. The predicted octanol–water partition coefficient (Wildman–Crippen LogP) is 2.28. The molecule has 0 heterocycles. The van der Waals surface area contributed by atoms with Gasteiger partial charge in [0.15, 0.2) is 0 Å². The summed E-state index contributed by atoms with van der Waals surface area (Å²) in [4.78, 5) is 34.4. The third-order valence-electron chi connectivity index (χ3n) is 4.47. The minimum atomic E-state index is -1.18. The van der Waals surface area contributed by atoms with Crippen LogP contribution in [0, 0.1) is 10.8 Å². The number of urea groups is 1. The van der Waals surface area contributed by atoms with Gasteiger partial charge in [-0.1, -0.05) is 19.8 Å². The van der Waals surface area contributed by atoms with E-state index in [1.54, 1.807) is 0 Å². The van der Waals surface area contributed by atoms with E-state index in [1.165, 1.54) is 26.7 Å². The molecule has 6 heteroatoms. The van der Waals surface area contributed by atoms with Crippen LogP contribution >= 0.6 is 0 Å². The summed E-state index contributed by atoms with van der Waals surface area (Å²) in [5, 5.41) is 13.9. The highest BCUT2D eigenvalue weighted by Gasteiger charge is 2.33. The van der Waals surface area contributed by atoms with E-state index in [-0.39, 0.29) is 11.8 Å². The standard InChI is InChI=1S/C15H26N2O4/c1-4-15(7-5-6-8-15)10-16-13(21)17-11(18)9-14(2,3)12(19)20/h4-10H2,1-3H3,(H,19,20)(H2,16,17,18,21). The zero-order valence-electron chi connectivity index (χ0n) is 13.1. The first-order chi connectivity index (χ1) is 9.71. The van der Waals surface area contributed by atoms with Gasteiger partial charge < -0.3 is 10.4 Å². The third kappa shape index (κ3) is 5.02. The van der Waals surface area contributed by atoms with E-state index in [0.29, 0.717) is 6.54 Å². The molecule has 120 valence electrons. The van der Waals surface area contributed by atoms with Gasteiger partial charge in [-0.15, -0.1) is 0 Å². The molecule has 1 saturated carbocycles. The molecule has 0 unspecified atom stereocenters. The maximum absolute atomic E-state index is 11.7. The Morgan fingerprint density at radius 2 is 1.76 bits per heavy atom. The molecule has 0 radical (unpaired) electrons. The molecule has 0 aliphatic heterocycles. The largest absolute Gasteiger partial charge is 0.481 e. The maximum atomic E-state index is 11.7. The van der Waals surface area contributed by atoms with Crippen LogP contribution < -0.4 is 10.6 Å². The van der Waals surface area contributed by atoms with Crippen molar-refractivity contribution in [1.82, 2.24) is 10.6 Å². The first-order valence-electron chi connectivity index (χ1n) is 7.52. The van der Waals surface area contributed by atoms with Gasteiger partial charge in [0.1, 0.15) is 0 Å². The quantitative estimate of drug-likeness (QED) is 0.701. The lowest BCUT2D eigenvalue weighted by atomic mass is 9.83. The Hall–Kier alpha value is -1.59. The highest BCUT2D eigenvalue weighted by Crippen LogP contribution is 2.40. The van der Waals surface area contributed by atoms with Crippen LogP contribution in [-0.2, 0) is 9.59 Å². The molecular weight excluding hydrogens is 272 g/mol. The number of carbonyl (C=O) groups excluding carboxylic acids is 2. The number of aliphatic carboxylic acids is 1. The van der Waals surface area contributed by atoms with Crippen LogP contribution in [0.1, 0.15) is 59.3 Å². The summed E-state index contributed by atoms with van der Waals surface area (Å²) >= 11 is 0. The molecule has 0 aromatic carbocycles. The second kappa shape index (κ2) is 6.91. The number of hydrogen-bond acceptors (Lipinski definition) is 3. The molecule has 21 heavy (non-hydrogen) atoms. The molecular formula is C15H26N2O4. The van der Waals surface area contributed by atoms with Crippen molar-refractivity contribution >= 4 is 17.9 Å². The van der Waals surface area contributed by atoms with Crippen molar-refractivity contribution in [2.24, 2.45) is 10.8 Å². The lowest BCUT2D eigenvalue weighted by Crippen LogP contribution is -2.45. The van der Waals surface area contributed by atoms with E-state index in [0.717, 1.165) is 19.3 Å². The van der Waals surface area contributed by atoms with Crippen molar-refractivity contribution < 1.29 is 19.5 Å². The number of carbonyl (C=O) groups is 3. The van der Waals surface area contributed by atoms with Crippen LogP contribution in [0.4, 0.5) is 4.79 Å². The number of carboxylic acids is 1. The Morgan fingerprint density at radius 3 is 2.24 bits per heavy atom. The van der Waals surface area contributed by atoms with E-state index in [2.05, 4.69) is 17.6 Å². The van der Waals surface area contributed by atoms with Gasteiger partial charge in [-0.2, -0.15) is 0 Å². The second-order valence-electron chi connectivity index (χ2n) is 6.66. The lowest BCUT2D eigenvalue weighted by Gasteiger charge is -2.27. The van der Waals surface area contributed by atoms with Crippen molar-refractivity contribution in [3.63, 3.8) is 0 Å². The monoisotopic (exact) mass is 298 g/mol. The molecule has 1 fully saturated rings. The summed E-state index contributed by atoms with van der Waals surface area (Å²) in [5.74, 6) is -1.63. The smallest absolute Gasteiger partial charge is 0.321 e. The normalized spacial score (nSPS) is 17.3. The number of hydrogen-bond donors (Lipinski definition) is 3. The van der Waals surface area contributed by atoms with Crippen molar-refractivity contribution in [2.45, 2.75) is 59.3 Å². The molecule has 0 atom stereocenters. The average molecular weight is 298 g/mol. The third-order valence-corrected chi connectivity index (χ3v) is 4.47. The van der Waals surface area contributed by atoms with Crippen LogP contribution in [0.2, 0.25) is 0 Å². The summed E-state index contributed by atoms with van der Waals surface area (Å²) in [5.41, 5.74) is -1.03. The van der Waals surface area contributed by atoms with Crippen LogP contribution in [-0.4, -0.2) is 29.6 Å². The van der Waals surface area contributed by atoms with E-state index >= 15 is 0 Å². The van der Waals surface area contributed by atoms with Crippen LogP contribution in [0.3, 0.4) is 0 Å². The molecule has 0 aromatic heterocycles. The van der Waals surface area contributed by atoms with Crippen molar-refractivity contribution in [2.75, 3.05) is 6.54 Å². The Kier molecular flexibility index (Phi) is 5.75. The first kappa shape index (κ1) is 17.5. The first-order valence-corrected chi connectivity index (χ1v) is 7.52. The Balaban J connectivity index is 2.40. The van der Waals surface area contributed by atoms with Crippen LogP contribution in [0.25, 0.3) is 0 Å². The molecule has 0 spiro atoms. The van der Waals surface area contributed by atoms with Gasteiger partial charge in [-0.05, 0) is 38.5 Å². The molecule has 1 rings (SSSR count). The zero-order valence-corrected chi connectivity index (χ0v) is 13.1. The summed E-state index contributed by atoms with van der Waals surface area (Å²) in [6.07, 6.45) is 5.35. The molecule has 0 aromatic rings. The fourth-order valence-corrected chi connectivity index (χ4v) is 2.74. The fourth-order valence-electron chi connectivity index (χ4n) is 2.74. The van der Waals surface area contributed by atoms with Crippen molar-refractivity contribution in [1.29, 1.82) is 0 Å².